The molecule has 0 spiro atoms. The molecule has 0 N–H and O–H groups in total. The fraction of sp³-hybridized carbons (Fsp3) is 0.308. The molecular formula is C13H14BrN3O3Se. The van der Waals surface area contributed by atoms with Gasteiger partial charge in [-0.25, -0.2) is 0 Å². The number of aromatic nitrogens is 3. The maximum atomic E-state index is 11.9. The maximum absolute atomic E-state index is 11.9. The third kappa shape index (κ3) is 3.45. The Morgan fingerprint density at radius 1 is 1.29 bits per heavy atom. The summed E-state index contributed by atoms with van der Waals surface area (Å²) in [4.78, 5) is 11.9. The van der Waals surface area contributed by atoms with Gasteiger partial charge in [0.15, 0.2) is 0 Å². The van der Waals surface area contributed by atoms with Gasteiger partial charge in [0, 0.05) is 0 Å². The van der Waals surface area contributed by atoms with E-state index >= 15 is 0 Å². The van der Waals surface area contributed by atoms with E-state index in [1.807, 2.05) is 31.2 Å². The first kappa shape index (κ1) is 16.0. The van der Waals surface area contributed by atoms with Crippen molar-refractivity contribution in [2.45, 2.75) is 13.8 Å². The first-order valence-corrected chi connectivity index (χ1v) is 8.01. The molecule has 112 valence electrons. The van der Waals surface area contributed by atoms with E-state index in [0.29, 0.717) is 16.9 Å². The molecule has 8 heteroatoms. The van der Waals surface area contributed by atoms with Crippen LogP contribution in [0.5, 0.6) is 6.01 Å². The van der Waals surface area contributed by atoms with Crippen LogP contribution in [0.3, 0.4) is 0 Å². The molecule has 6 nitrogen and oxygen atoms in total. The summed E-state index contributed by atoms with van der Waals surface area (Å²) in [5.74, 6) is 0. The van der Waals surface area contributed by atoms with Crippen LogP contribution in [0.25, 0.3) is 5.69 Å². The molecule has 2 aromatic rings. The zero-order valence-corrected chi connectivity index (χ0v) is 14.9. The molecule has 0 unspecified atom stereocenters. The molecule has 0 aliphatic heterocycles. The number of hydrogen-bond acceptors (Lipinski definition) is 4. The number of hydrogen-bond donors (Lipinski definition) is 0. The Morgan fingerprint density at radius 3 is 2.52 bits per heavy atom. The van der Waals surface area contributed by atoms with Crippen LogP contribution in [0, 0.1) is 4.32 Å². The van der Waals surface area contributed by atoms with E-state index in [1.54, 1.807) is 11.5 Å². The van der Waals surface area contributed by atoms with Crippen molar-refractivity contribution in [3.05, 3.63) is 33.1 Å². The second-order valence-electron chi connectivity index (χ2n) is 3.92. The van der Waals surface area contributed by atoms with E-state index in [1.165, 1.54) is 0 Å². The van der Waals surface area contributed by atoms with Crippen LogP contribution >= 0.6 is 15.9 Å². The van der Waals surface area contributed by atoms with Gasteiger partial charge in [0.05, 0.1) is 0 Å². The first-order valence-electron chi connectivity index (χ1n) is 6.36. The fourth-order valence-corrected chi connectivity index (χ4v) is 2.58. The van der Waals surface area contributed by atoms with Crippen molar-refractivity contribution in [3.63, 3.8) is 0 Å². The molecule has 1 aromatic heterocycles. The first-order chi connectivity index (χ1) is 10.1. The topological polar surface area (TPSA) is 58.3 Å². The third-order valence-corrected chi connectivity index (χ3v) is 3.82. The van der Waals surface area contributed by atoms with Gasteiger partial charge in [-0.05, 0) is 0 Å². The average molecular weight is 419 g/mol. The number of ether oxygens (including phenoxy) is 2. The summed E-state index contributed by atoms with van der Waals surface area (Å²) in [6.45, 7) is 4.32. The van der Waals surface area contributed by atoms with Crippen LogP contribution in [-0.2, 0) is 4.74 Å². The van der Waals surface area contributed by atoms with Gasteiger partial charge >= 0.3 is 138 Å². The summed E-state index contributed by atoms with van der Waals surface area (Å²) in [5.41, 5.74) is 0.825. The number of nitrogens with zero attached hydrogens (tertiary/aromatic N) is 3. The molecule has 0 saturated heterocycles. The number of benzene rings is 1. The van der Waals surface area contributed by atoms with Crippen LogP contribution in [0.1, 0.15) is 13.8 Å². The van der Waals surface area contributed by atoms with Crippen molar-refractivity contribution >= 4 is 37.6 Å². The van der Waals surface area contributed by atoms with E-state index in [9.17, 15) is 4.79 Å². The molecule has 1 heterocycles. The van der Waals surface area contributed by atoms with Crippen molar-refractivity contribution < 1.29 is 14.3 Å². The molecular weight excluding hydrogens is 405 g/mol. The second-order valence-corrected chi connectivity index (χ2v) is 5.60. The molecule has 0 aliphatic carbocycles. The number of halogens is 1. The number of carbonyl (C=O) groups is 1. The van der Waals surface area contributed by atoms with Crippen molar-refractivity contribution in [1.82, 2.24) is 14.3 Å². The summed E-state index contributed by atoms with van der Waals surface area (Å²) < 4.78 is 14.8. The van der Waals surface area contributed by atoms with Crippen LogP contribution in [0.2, 0.25) is 0 Å². The summed E-state index contributed by atoms with van der Waals surface area (Å²) >= 11 is 6.23. The zero-order valence-electron chi connectivity index (χ0n) is 11.6. The molecule has 21 heavy (non-hydrogen) atoms. The van der Waals surface area contributed by atoms with Crippen LogP contribution in [0.15, 0.2) is 28.7 Å². The summed E-state index contributed by atoms with van der Waals surface area (Å²) in [6.07, 6.45) is -0.553. The molecule has 0 atom stereocenters. The van der Waals surface area contributed by atoms with Crippen LogP contribution in [0.4, 0.5) is 4.79 Å². The Bertz CT molecular complexity index is 694. The predicted octanol–water partition coefficient (Wildman–Crippen LogP) is 2.54. The van der Waals surface area contributed by atoms with Gasteiger partial charge in [0.2, 0.25) is 0 Å². The van der Waals surface area contributed by atoms with Gasteiger partial charge in [0.25, 0.3) is 0 Å². The molecule has 0 aliphatic rings. The molecule has 1 aromatic carbocycles. The predicted molar refractivity (Wildman–Crippen MR) is 81.8 cm³/mol. The summed E-state index contributed by atoms with van der Waals surface area (Å²) in [7, 11) is 0. The van der Waals surface area contributed by atoms with Gasteiger partial charge in [-0.3, -0.25) is 0 Å². The molecule has 0 bridgehead atoms. The standard InChI is InChI=1S/C13H14BrN3O3Se/c1-3-19-11-15-17(13(18)20-4-2)12(21)16(11)10-7-5-9(14)6-8-10/h5-8H,3-4H2,1-2H3. The number of carbonyl (C=O) groups excluding carboxylic acids is 1. The van der Waals surface area contributed by atoms with Crippen molar-refractivity contribution in [2.75, 3.05) is 13.2 Å². The van der Waals surface area contributed by atoms with Gasteiger partial charge in [-0.2, -0.15) is 0 Å². The zero-order chi connectivity index (χ0) is 15.4. The minimum absolute atomic E-state index is 0.278. The third-order valence-electron chi connectivity index (χ3n) is 2.55. The van der Waals surface area contributed by atoms with E-state index in [2.05, 4.69) is 36.6 Å². The van der Waals surface area contributed by atoms with Crippen molar-refractivity contribution in [3.8, 4) is 11.7 Å². The van der Waals surface area contributed by atoms with Crippen LogP contribution < -0.4 is 4.74 Å². The Morgan fingerprint density at radius 2 is 1.95 bits per heavy atom. The Balaban J connectivity index is 2.55. The van der Waals surface area contributed by atoms with Gasteiger partial charge < -0.3 is 0 Å². The summed E-state index contributed by atoms with van der Waals surface area (Å²) in [6, 6.07) is 7.91. The SMILES string of the molecule is CCOC(=O)n1nc(OCC)n(-c2ccc(Br)cc2)c1=[Se]. The Hall–Kier alpha value is -1.37. The Kier molecular flexibility index (Phi) is 5.38. The Labute approximate surface area is 138 Å². The summed E-state index contributed by atoms with van der Waals surface area (Å²) in [5, 5.41) is 4.16. The van der Waals surface area contributed by atoms with Crippen LogP contribution in [-0.4, -0.2) is 49.2 Å². The van der Waals surface area contributed by atoms with E-state index in [0.717, 1.165) is 14.8 Å². The van der Waals surface area contributed by atoms with Crippen molar-refractivity contribution in [2.24, 2.45) is 0 Å². The second kappa shape index (κ2) is 7.06. The van der Waals surface area contributed by atoms with Gasteiger partial charge in [-0.1, -0.05) is 0 Å². The molecule has 0 amide bonds. The van der Waals surface area contributed by atoms with E-state index in [4.69, 9.17) is 9.47 Å². The van der Waals surface area contributed by atoms with Gasteiger partial charge in [-0.15, -0.1) is 0 Å². The fourth-order valence-electron chi connectivity index (χ4n) is 1.69. The van der Waals surface area contributed by atoms with E-state index < -0.39 is 6.09 Å². The molecule has 2 rings (SSSR count). The van der Waals surface area contributed by atoms with E-state index in [-0.39, 0.29) is 6.61 Å². The molecule has 0 saturated carbocycles. The number of rotatable bonds is 4. The average Bonchev–Trinajstić information content (AvgIpc) is 2.78. The molecule has 0 fully saturated rings. The van der Waals surface area contributed by atoms with Gasteiger partial charge in [0.1, 0.15) is 0 Å². The normalized spacial score (nSPS) is 10.4. The minimum atomic E-state index is -0.553. The quantitative estimate of drug-likeness (QED) is 0.716. The molecule has 0 radical (unpaired) electrons. The van der Waals surface area contributed by atoms with Crippen molar-refractivity contribution in [1.29, 1.82) is 0 Å². The monoisotopic (exact) mass is 419 g/mol.